The van der Waals surface area contributed by atoms with Crippen LogP contribution in [0.3, 0.4) is 0 Å². The maximum absolute atomic E-state index is 11.9. The zero-order chi connectivity index (χ0) is 12.5. The third-order valence-corrected chi connectivity index (χ3v) is 3.14. The van der Waals surface area contributed by atoms with Crippen LogP contribution in [0.25, 0.3) is 0 Å². The van der Waals surface area contributed by atoms with Crippen molar-refractivity contribution in [2.45, 2.75) is 18.3 Å². The van der Waals surface area contributed by atoms with E-state index in [4.69, 9.17) is 14.2 Å². The normalized spacial score (nSPS) is 28.5. The van der Waals surface area contributed by atoms with Crippen molar-refractivity contribution >= 4 is 5.97 Å². The van der Waals surface area contributed by atoms with Crippen LogP contribution in [0.1, 0.15) is 10.4 Å². The largest absolute Gasteiger partial charge is 0.507 e. The number of aromatic hydroxyl groups is 1. The second-order valence-corrected chi connectivity index (χ2v) is 4.29. The number of hydrogen-bond acceptors (Lipinski definition) is 5. The molecule has 5 nitrogen and oxygen atoms in total. The molecule has 1 aromatic rings. The van der Waals surface area contributed by atoms with E-state index >= 15 is 0 Å². The smallest absolute Gasteiger partial charge is 0.342 e. The van der Waals surface area contributed by atoms with Crippen LogP contribution in [0.4, 0.5) is 0 Å². The molecule has 0 unspecified atom stereocenters. The monoisotopic (exact) mass is 338 g/mol. The van der Waals surface area contributed by atoms with Crippen molar-refractivity contribution in [3.05, 3.63) is 36.2 Å². The number of benzene rings is 1. The van der Waals surface area contributed by atoms with Gasteiger partial charge in [0.1, 0.15) is 11.3 Å². The predicted octanol–water partition coefficient (Wildman–Crippen LogP) is 0.917. The molecule has 6 heteroatoms. The molecule has 1 radical (unpaired) electrons. The molecule has 2 heterocycles. The second kappa shape index (κ2) is 6.31. The van der Waals surface area contributed by atoms with Crippen molar-refractivity contribution in [2.24, 2.45) is 0 Å². The van der Waals surface area contributed by atoms with Gasteiger partial charge in [-0.1, -0.05) is 18.7 Å². The van der Waals surface area contributed by atoms with Gasteiger partial charge in [0.15, 0.2) is 6.10 Å². The molecule has 1 aromatic carbocycles. The van der Waals surface area contributed by atoms with E-state index in [1.807, 2.05) is 6.42 Å². The van der Waals surface area contributed by atoms with E-state index in [1.165, 1.54) is 12.1 Å². The molecule has 0 amide bonds. The van der Waals surface area contributed by atoms with E-state index in [9.17, 15) is 9.90 Å². The number of fused-ring (bicyclic) bond motifs is 1. The molecule has 2 aliphatic heterocycles. The molecule has 0 aromatic heterocycles. The summed E-state index contributed by atoms with van der Waals surface area (Å²) in [5, 5.41) is 9.57. The molecular weight excluding hydrogens is 325 g/mol. The minimum atomic E-state index is -0.558. The molecule has 2 fully saturated rings. The van der Waals surface area contributed by atoms with E-state index in [0.717, 1.165) is 0 Å². The standard InChI is InChI=1S/C13H13O5.Y/c14-9-4-2-1-3-8(9)13(15)18-11-7-17-10-5-6-16-12(10)11;/h1-5,10-12,14H,6-7H2;/q-1;/t10-,11+,12+;/m1./s1. The molecule has 0 bridgehead atoms. The molecule has 2 saturated heterocycles. The molecular formula is C13H13O5Y-. The quantitative estimate of drug-likeness (QED) is 0.642. The first-order valence-corrected chi connectivity index (χ1v) is 5.81. The second-order valence-electron chi connectivity index (χ2n) is 4.29. The Morgan fingerprint density at radius 1 is 1.37 bits per heavy atom. The van der Waals surface area contributed by atoms with Gasteiger partial charge in [0.05, 0.1) is 12.7 Å². The van der Waals surface area contributed by atoms with Gasteiger partial charge >= 0.3 is 5.97 Å². The minimum Gasteiger partial charge on any atom is -0.507 e. The van der Waals surface area contributed by atoms with Gasteiger partial charge in [0.2, 0.25) is 0 Å². The molecule has 3 rings (SSSR count). The van der Waals surface area contributed by atoms with Crippen LogP contribution in [-0.4, -0.2) is 42.6 Å². The summed E-state index contributed by atoms with van der Waals surface area (Å²) in [5.41, 5.74) is 0.155. The first-order valence-electron chi connectivity index (χ1n) is 5.81. The number of rotatable bonds is 2. The average Bonchev–Trinajstić information content (AvgIpc) is 2.94. The third kappa shape index (κ3) is 3.00. The van der Waals surface area contributed by atoms with Crippen molar-refractivity contribution in [2.75, 3.05) is 13.2 Å². The van der Waals surface area contributed by atoms with Crippen LogP contribution in [-0.2, 0) is 46.9 Å². The van der Waals surface area contributed by atoms with Gasteiger partial charge in [0, 0.05) is 32.7 Å². The molecule has 19 heavy (non-hydrogen) atoms. The van der Waals surface area contributed by atoms with Crippen LogP contribution < -0.4 is 0 Å². The molecule has 3 atom stereocenters. The van der Waals surface area contributed by atoms with Crippen LogP contribution >= 0.6 is 0 Å². The van der Waals surface area contributed by atoms with Crippen molar-refractivity contribution in [3.8, 4) is 5.75 Å². The number of esters is 1. The summed E-state index contributed by atoms with van der Waals surface area (Å²) in [7, 11) is 0. The Balaban J connectivity index is 0.00000133. The van der Waals surface area contributed by atoms with Crippen molar-refractivity contribution < 1.29 is 56.8 Å². The fourth-order valence-electron chi connectivity index (χ4n) is 2.22. The number of para-hydroxylation sites is 1. The number of hydrogen-bond donors (Lipinski definition) is 1. The van der Waals surface area contributed by atoms with Gasteiger partial charge in [-0.05, 0) is 18.2 Å². The van der Waals surface area contributed by atoms with E-state index in [2.05, 4.69) is 0 Å². The Kier molecular flexibility index (Phi) is 4.95. The zero-order valence-electron chi connectivity index (χ0n) is 10.2. The Morgan fingerprint density at radius 3 is 2.95 bits per heavy atom. The minimum absolute atomic E-state index is 0. The van der Waals surface area contributed by atoms with Crippen molar-refractivity contribution in [1.82, 2.24) is 0 Å². The predicted molar refractivity (Wildman–Crippen MR) is 61.1 cm³/mol. The molecule has 1 N–H and O–H groups in total. The summed E-state index contributed by atoms with van der Waals surface area (Å²) in [4.78, 5) is 11.9. The van der Waals surface area contributed by atoms with E-state index in [0.29, 0.717) is 13.2 Å². The van der Waals surface area contributed by atoms with Gasteiger partial charge in [-0.2, -0.15) is 0 Å². The number of carbonyl (C=O) groups is 1. The van der Waals surface area contributed by atoms with Crippen LogP contribution in [0.5, 0.6) is 5.75 Å². The van der Waals surface area contributed by atoms with Gasteiger partial charge in [-0.25, -0.2) is 4.79 Å². The van der Waals surface area contributed by atoms with E-state index < -0.39 is 12.1 Å². The van der Waals surface area contributed by atoms with Crippen molar-refractivity contribution in [3.63, 3.8) is 0 Å². The fraction of sp³-hybridized carbons (Fsp3) is 0.385. The van der Waals surface area contributed by atoms with E-state index in [-0.39, 0.29) is 56.2 Å². The number of phenols is 1. The Bertz CT molecular complexity index is 464. The number of carbonyl (C=O) groups excluding carboxylic acids is 1. The van der Waals surface area contributed by atoms with Crippen LogP contribution in [0.2, 0.25) is 0 Å². The summed E-state index contributed by atoms with van der Waals surface area (Å²) < 4.78 is 16.2. The van der Waals surface area contributed by atoms with Gasteiger partial charge in [-0.3, -0.25) is 6.42 Å². The maximum Gasteiger partial charge on any atom is 0.342 e. The fourth-order valence-corrected chi connectivity index (χ4v) is 2.22. The molecule has 2 aliphatic rings. The first-order chi connectivity index (χ1) is 8.75. The summed E-state index contributed by atoms with van der Waals surface area (Å²) in [6.07, 6.45) is 1.19. The molecule has 99 valence electrons. The van der Waals surface area contributed by atoms with Gasteiger partial charge in [0.25, 0.3) is 0 Å². The Morgan fingerprint density at radius 2 is 2.16 bits per heavy atom. The molecule has 0 aliphatic carbocycles. The summed E-state index contributed by atoms with van der Waals surface area (Å²) in [6, 6.07) is 6.29. The summed E-state index contributed by atoms with van der Waals surface area (Å²) in [6.45, 7) is 0.838. The summed E-state index contributed by atoms with van der Waals surface area (Å²) in [5.74, 6) is -0.644. The van der Waals surface area contributed by atoms with Gasteiger partial charge < -0.3 is 19.3 Å². The number of ether oxygens (including phenoxy) is 3. The van der Waals surface area contributed by atoms with Crippen LogP contribution in [0.15, 0.2) is 24.3 Å². The maximum atomic E-state index is 11.9. The number of phenolic OH excluding ortho intramolecular Hbond substituents is 1. The van der Waals surface area contributed by atoms with Crippen molar-refractivity contribution in [1.29, 1.82) is 0 Å². The Hall–Kier alpha value is -0.486. The van der Waals surface area contributed by atoms with Gasteiger partial charge in [-0.15, -0.1) is 0 Å². The van der Waals surface area contributed by atoms with Crippen LogP contribution in [0, 0.1) is 6.42 Å². The average molecular weight is 338 g/mol. The van der Waals surface area contributed by atoms with E-state index in [1.54, 1.807) is 12.1 Å². The Labute approximate surface area is 136 Å². The zero-order valence-corrected chi connectivity index (χ0v) is 13.0. The first kappa shape index (κ1) is 14.9. The topological polar surface area (TPSA) is 65.0 Å². The SMILES string of the molecule is O=C(O[C@H]1CO[C@@H]2[CH-]CO[C@H]12)c1ccccc1O.[Y]. The summed E-state index contributed by atoms with van der Waals surface area (Å²) >= 11 is 0. The molecule has 0 saturated carbocycles. The third-order valence-electron chi connectivity index (χ3n) is 3.14. The molecule has 0 spiro atoms.